The van der Waals surface area contributed by atoms with E-state index in [2.05, 4.69) is 10.6 Å². The van der Waals surface area contributed by atoms with Gasteiger partial charge in [0.2, 0.25) is 5.91 Å². The van der Waals surface area contributed by atoms with E-state index in [4.69, 9.17) is 4.74 Å². The quantitative estimate of drug-likeness (QED) is 0.775. The summed E-state index contributed by atoms with van der Waals surface area (Å²) in [5, 5.41) is 5.94. The van der Waals surface area contributed by atoms with Crippen molar-refractivity contribution in [3.63, 3.8) is 0 Å². The summed E-state index contributed by atoms with van der Waals surface area (Å²) in [6.45, 7) is 4.03. The van der Waals surface area contributed by atoms with Crippen molar-refractivity contribution >= 4 is 11.6 Å². The summed E-state index contributed by atoms with van der Waals surface area (Å²) in [5.41, 5.74) is 1.80. The molecule has 106 valence electrons. The van der Waals surface area contributed by atoms with Gasteiger partial charge in [0.15, 0.2) is 0 Å². The second-order valence-corrected chi connectivity index (χ2v) is 4.59. The lowest BCUT2D eigenvalue weighted by molar-refractivity contribution is -0.117. The van der Waals surface area contributed by atoms with Gasteiger partial charge in [-0.1, -0.05) is 6.07 Å². The van der Waals surface area contributed by atoms with E-state index >= 15 is 0 Å². The van der Waals surface area contributed by atoms with E-state index in [1.807, 2.05) is 44.1 Å². The molecule has 0 aliphatic rings. The molecule has 0 fully saturated rings. The number of rotatable bonds is 7. The molecule has 0 saturated heterocycles. The van der Waals surface area contributed by atoms with Gasteiger partial charge in [0, 0.05) is 13.1 Å². The van der Waals surface area contributed by atoms with E-state index in [-0.39, 0.29) is 5.91 Å². The first-order valence-electron chi connectivity index (χ1n) is 6.34. The van der Waals surface area contributed by atoms with Crippen LogP contribution < -0.4 is 15.4 Å². The zero-order valence-electron chi connectivity index (χ0n) is 12.1. The summed E-state index contributed by atoms with van der Waals surface area (Å²) in [7, 11) is 5.41. The van der Waals surface area contributed by atoms with Crippen LogP contribution in [-0.4, -0.2) is 51.6 Å². The van der Waals surface area contributed by atoms with E-state index < -0.39 is 0 Å². The zero-order chi connectivity index (χ0) is 14.3. The molecular formula is C14H23N3O2. The number of carbonyl (C=O) groups excluding carboxylic acids is 1. The van der Waals surface area contributed by atoms with Crippen molar-refractivity contribution in [2.24, 2.45) is 0 Å². The fourth-order valence-electron chi connectivity index (χ4n) is 1.74. The summed E-state index contributed by atoms with van der Waals surface area (Å²) in [4.78, 5) is 13.9. The Kier molecular flexibility index (Phi) is 6.32. The zero-order valence-corrected chi connectivity index (χ0v) is 12.1. The molecule has 1 amide bonds. The lowest BCUT2D eigenvalue weighted by Crippen LogP contribution is -2.34. The third-order valence-electron chi connectivity index (χ3n) is 2.79. The number of hydrogen-bond donors (Lipinski definition) is 2. The largest absolute Gasteiger partial charge is 0.495 e. The highest BCUT2D eigenvalue weighted by atomic mass is 16.5. The second-order valence-electron chi connectivity index (χ2n) is 4.59. The molecule has 0 atom stereocenters. The van der Waals surface area contributed by atoms with E-state index in [1.165, 1.54) is 0 Å². The van der Waals surface area contributed by atoms with Crippen molar-refractivity contribution in [1.82, 2.24) is 10.2 Å². The maximum absolute atomic E-state index is 11.9. The number of aryl methyl sites for hydroxylation is 1. The summed E-state index contributed by atoms with van der Waals surface area (Å²) in [5.74, 6) is 0.638. The van der Waals surface area contributed by atoms with Gasteiger partial charge in [-0.2, -0.15) is 0 Å². The number of anilines is 1. The molecule has 2 N–H and O–H groups in total. The average Bonchev–Trinajstić information content (AvgIpc) is 2.36. The molecule has 1 rings (SSSR count). The topological polar surface area (TPSA) is 53.6 Å². The molecule has 1 aromatic rings. The van der Waals surface area contributed by atoms with Crippen molar-refractivity contribution < 1.29 is 9.53 Å². The number of likely N-dealkylation sites (N-methyl/N-ethyl adjacent to an activating group) is 2. The van der Waals surface area contributed by atoms with Crippen molar-refractivity contribution in [3.05, 3.63) is 23.8 Å². The standard InChI is InChI=1S/C14H23N3O2/c1-11-5-6-13(19-4)12(9-11)16-14(18)10-17(3)8-7-15-2/h5-6,9,15H,7-8,10H2,1-4H3,(H,16,18). The van der Waals surface area contributed by atoms with Crippen LogP contribution in [0.1, 0.15) is 5.56 Å². The fourth-order valence-corrected chi connectivity index (χ4v) is 1.74. The monoisotopic (exact) mass is 265 g/mol. The number of nitrogens with one attached hydrogen (secondary N) is 2. The molecular weight excluding hydrogens is 242 g/mol. The van der Waals surface area contributed by atoms with Gasteiger partial charge >= 0.3 is 0 Å². The molecule has 0 aliphatic heterocycles. The van der Waals surface area contributed by atoms with E-state index in [0.29, 0.717) is 12.3 Å². The Labute approximate surface area is 114 Å². The van der Waals surface area contributed by atoms with E-state index in [1.54, 1.807) is 7.11 Å². The highest BCUT2D eigenvalue weighted by molar-refractivity contribution is 5.93. The van der Waals surface area contributed by atoms with Crippen LogP contribution in [0.5, 0.6) is 5.75 Å². The van der Waals surface area contributed by atoms with Crippen LogP contribution in [0.2, 0.25) is 0 Å². The molecule has 5 heteroatoms. The molecule has 1 aromatic carbocycles. The number of nitrogens with zero attached hydrogens (tertiary/aromatic N) is 1. The van der Waals surface area contributed by atoms with Gasteiger partial charge < -0.3 is 15.4 Å². The summed E-state index contributed by atoms with van der Waals surface area (Å²) in [6.07, 6.45) is 0. The molecule has 0 bridgehead atoms. The minimum Gasteiger partial charge on any atom is -0.495 e. The van der Waals surface area contributed by atoms with Crippen molar-refractivity contribution in [2.45, 2.75) is 6.92 Å². The Morgan fingerprint density at radius 1 is 1.42 bits per heavy atom. The number of benzene rings is 1. The maximum Gasteiger partial charge on any atom is 0.238 e. The molecule has 0 heterocycles. The summed E-state index contributed by atoms with van der Waals surface area (Å²) >= 11 is 0. The van der Waals surface area contributed by atoms with Gasteiger partial charge in [-0.15, -0.1) is 0 Å². The number of carbonyl (C=O) groups is 1. The summed E-state index contributed by atoms with van der Waals surface area (Å²) < 4.78 is 5.23. The number of methoxy groups -OCH3 is 1. The van der Waals surface area contributed by atoms with Crippen LogP contribution in [0, 0.1) is 6.92 Å². The van der Waals surface area contributed by atoms with Gasteiger partial charge in [0.05, 0.1) is 19.3 Å². The van der Waals surface area contributed by atoms with Crippen LogP contribution in [0.3, 0.4) is 0 Å². The van der Waals surface area contributed by atoms with Crippen LogP contribution in [-0.2, 0) is 4.79 Å². The van der Waals surface area contributed by atoms with Crippen molar-refractivity contribution in [1.29, 1.82) is 0 Å². The lowest BCUT2D eigenvalue weighted by atomic mass is 10.2. The molecule has 0 aliphatic carbocycles. The minimum absolute atomic E-state index is 0.0393. The normalized spacial score (nSPS) is 10.6. The highest BCUT2D eigenvalue weighted by Crippen LogP contribution is 2.24. The Hall–Kier alpha value is -1.59. The van der Waals surface area contributed by atoms with Gasteiger partial charge in [-0.25, -0.2) is 0 Å². The van der Waals surface area contributed by atoms with Gasteiger partial charge in [-0.3, -0.25) is 9.69 Å². The maximum atomic E-state index is 11.9. The minimum atomic E-state index is -0.0393. The van der Waals surface area contributed by atoms with Crippen LogP contribution >= 0.6 is 0 Å². The molecule has 0 saturated carbocycles. The molecule has 0 unspecified atom stereocenters. The first kappa shape index (κ1) is 15.5. The summed E-state index contributed by atoms with van der Waals surface area (Å²) in [6, 6.07) is 5.72. The first-order chi connectivity index (χ1) is 9.06. The number of hydrogen-bond acceptors (Lipinski definition) is 4. The highest BCUT2D eigenvalue weighted by Gasteiger charge is 2.09. The Balaban J connectivity index is 2.59. The first-order valence-corrected chi connectivity index (χ1v) is 6.34. The molecule has 19 heavy (non-hydrogen) atoms. The average molecular weight is 265 g/mol. The third kappa shape index (κ3) is 5.28. The predicted molar refractivity (Wildman–Crippen MR) is 77.8 cm³/mol. The van der Waals surface area contributed by atoms with Gasteiger partial charge in [-0.05, 0) is 38.7 Å². The second kappa shape index (κ2) is 7.76. The van der Waals surface area contributed by atoms with Crippen molar-refractivity contribution in [2.75, 3.05) is 46.2 Å². The third-order valence-corrected chi connectivity index (χ3v) is 2.79. The fraction of sp³-hybridized carbons (Fsp3) is 0.500. The smallest absolute Gasteiger partial charge is 0.238 e. The van der Waals surface area contributed by atoms with Gasteiger partial charge in [0.1, 0.15) is 5.75 Å². The lowest BCUT2D eigenvalue weighted by Gasteiger charge is -2.17. The van der Waals surface area contributed by atoms with Crippen LogP contribution in [0.4, 0.5) is 5.69 Å². The Morgan fingerprint density at radius 3 is 2.79 bits per heavy atom. The molecule has 0 spiro atoms. The molecule has 0 radical (unpaired) electrons. The number of ether oxygens (including phenoxy) is 1. The predicted octanol–water partition coefficient (Wildman–Crippen LogP) is 1.09. The van der Waals surface area contributed by atoms with E-state index in [0.717, 1.165) is 24.3 Å². The molecule has 0 aromatic heterocycles. The van der Waals surface area contributed by atoms with Crippen LogP contribution in [0.25, 0.3) is 0 Å². The SMILES string of the molecule is CNCCN(C)CC(=O)Nc1cc(C)ccc1OC. The Morgan fingerprint density at radius 2 is 2.16 bits per heavy atom. The Bertz CT molecular complexity index is 421. The van der Waals surface area contributed by atoms with Gasteiger partial charge in [0.25, 0.3) is 0 Å². The van der Waals surface area contributed by atoms with Crippen LogP contribution in [0.15, 0.2) is 18.2 Å². The van der Waals surface area contributed by atoms with E-state index in [9.17, 15) is 4.79 Å². The molecule has 5 nitrogen and oxygen atoms in total. The van der Waals surface area contributed by atoms with Crippen molar-refractivity contribution in [3.8, 4) is 5.75 Å². The number of amides is 1.